The Kier molecular flexibility index (Phi) is 5.67. The minimum Gasteiger partial charge on any atom is -0.454 e. The van der Waals surface area contributed by atoms with Crippen molar-refractivity contribution in [2.75, 3.05) is 25.3 Å². The largest absolute Gasteiger partial charge is 0.454 e. The van der Waals surface area contributed by atoms with Crippen molar-refractivity contribution < 1.29 is 19.0 Å². The van der Waals surface area contributed by atoms with E-state index in [2.05, 4.69) is 21.7 Å². The van der Waals surface area contributed by atoms with Gasteiger partial charge in [0.1, 0.15) is 0 Å². The molecule has 1 atom stereocenters. The smallest absolute Gasteiger partial charge is 0.258 e. The first kappa shape index (κ1) is 19.3. The number of amides is 1. The third kappa shape index (κ3) is 4.68. The van der Waals surface area contributed by atoms with E-state index in [0.717, 1.165) is 36.3 Å². The first-order valence-electron chi connectivity index (χ1n) is 9.80. The third-order valence-corrected chi connectivity index (χ3v) is 4.99. The van der Waals surface area contributed by atoms with Crippen LogP contribution in [-0.2, 0) is 4.74 Å². The summed E-state index contributed by atoms with van der Waals surface area (Å²) in [6, 6.07) is 11.2. The van der Waals surface area contributed by atoms with Crippen molar-refractivity contribution in [2.45, 2.75) is 32.8 Å². The molecule has 0 unspecified atom stereocenters. The fraction of sp³-hybridized carbons (Fsp3) is 0.364. The minimum atomic E-state index is -0.271. The number of carbonyl (C=O) groups is 1. The van der Waals surface area contributed by atoms with Crippen LogP contribution in [0.3, 0.4) is 0 Å². The normalized spacial score (nSPS) is 18.0. The fourth-order valence-electron chi connectivity index (χ4n) is 3.31. The lowest BCUT2D eigenvalue weighted by atomic mass is 10.1. The predicted molar refractivity (Wildman–Crippen MR) is 111 cm³/mol. The van der Waals surface area contributed by atoms with E-state index in [-0.39, 0.29) is 18.8 Å². The molecule has 2 N–H and O–H groups in total. The van der Waals surface area contributed by atoms with Gasteiger partial charge in [0.15, 0.2) is 11.5 Å². The van der Waals surface area contributed by atoms with Crippen LogP contribution in [0.2, 0.25) is 0 Å². The van der Waals surface area contributed by atoms with Crippen molar-refractivity contribution >= 4 is 17.6 Å². The van der Waals surface area contributed by atoms with E-state index in [1.807, 2.05) is 26.0 Å². The number of nitrogens with zero attached hydrogens (tertiary/aromatic N) is 1. The van der Waals surface area contributed by atoms with Crippen molar-refractivity contribution in [1.82, 2.24) is 5.32 Å². The third-order valence-electron chi connectivity index (χ3n) is 4.99. The Bertz CT molecular complexity index is 936. The van der Waals surface area contributed by atoms with Gasteiger partial charge in [-0.2, -0.15) is 0 Å². The number of nitrogens with one attached hydrogen (secondary N) is 2. The summed E-state index contributed by atoms with van der Waals surface area (Å²) in [5, 5.41) is 6.16. The van der Waals surface area contributed by atoms with Gasteiger partial charge in [-0.05, 0) is 62.1 Å². The Labute approximate surface area is 170 Å². The maximum absolute atomic E-state index is 12.8. The molecule has 2 aliphatic rings. The Morgan fingerprint density at radius 1 is 1.14 bits per heavy atom. The van der Waals surface area contributed by atoms with Crippen LogP contribution in [0.4, 0.5) is 5.69 Å². The molecule has 29 heavy (non-hydrogen) atoms. The zero-order chi connectivity index (χ0) is 20.2. The van der Waals surface area contributed by atoms with Gasteiger partial charge in [0.25, 0.3) is 5.91 Å². The van der Waals surface area contributed by atoms with Gasteiger partial charge in [0.2, 0.25) is 12.8 Å². The summed E-state index contributed by atoms with van der Waals surface area (Å²) in [6.45, 7) is 5.47. The highest BCUT2D eigenvalue weighted by atomic mass is 16.7. The number of hydrogen-bond donors (Lipinski definition) is 2. The van der Waals surface area contributed by atoms with Crippen LogP contribution >= 0.6 is 0 Å². The molecule has 4 rings (SSSR count). The van der Waals surface area contributed by atoms with Crippen LogP contribution in [0.15, 0.2) is 41.4 Å². The maximum Gasteiger partial charge on any atom is 0.258 e. The van der Waals surface area contributed by atoms with Gasteiger partial charge in [-0.15, -0.1) is 0 Å². The van der Waals surface area contributed by atoms with Crippen LogP contribution in [0.25, 0.3) is 0 Å². The van der Waals surface area contributed by atoms with E-state index in [1.54, 1.807) is 18.2 Å². The molecule has 1 fully saturated rings. The Morgan fingerprint density at radius 3 is 2.83 bits per heavy atom. The number of carbonyl (C=O) groups excluding carboxylic acids is 1. The fourth-order valence-corrected chi connectivity index (χ4v) is 3.31. The quantitative estimate of drug-likeness (QED) is 0.613. The molecular formula is C22H25N3O4. The number of anilines is 1. The number of aliphatic imine (C=N–C) groups is 1. The van der Waals surface area contributed by atoms with Gasteiger partial charge < -0.3 is 19.5 Å². The Hall–Kier alpha value is -3.06. The zero-order valence-corrected chi connectivity index (χ0v) is 16.7. The molecular weight excluding hydrogens is 370 g/mol. The number of benzene rings is 2. The van der Waals surface area contributed by atoms with Crippen LogP contribution < -0.4 is 20.1 Å². The van der Waals surface area contributed by atoms with Crippen molar-refractivity contribution in [3.05, 3.63) is 53.1 Å². The summed E-state index contributed by atoms with van der Waals surface area (Å²) < 4.78 is 16.3. The molecule has 2 heterocycles. The highest BCUT2D eigenvalue weighted by molar-refractivity contribution is 6.10. The molecule has 0 saturated carbocycles. The topological polar surface area (TPSA) is 81.2 Å². The Balaban J connectivity index is 1.53. The minimum absolute atomic E-state index is 0.0906. The number of aryl methyl sites for hydroxylation is 2. The lowest BCUT2D eigenvalue weighted by molar-refractivity contribution is 0.0975. The summed E-state index contributed by atoms with van der Waals surface area (Å²) in [7, 11) is 0. The van der Waals surface area contributed by atoms with Crippen LogP contribution in [-0.4, -0.2) is 37.9 Å². The molecule has 2 aromatic rings. The highest BCUT2D eigenvalue weighted by Gasteiger charge is 2.19. The number of hydrogen-bond acceptors (Lipinski definition) is 5. The van der Waals surface area contributed by atoms with Gasteiger partial charge in [-0.1, -0.05) is 12.1 Å². The molecule has 0 bridgehead atoms. The highest BCUT2D eigenvalue weighted by Crippen LogP contribution is 2.32. The number of fused-ring (bicyclic) bond motifs is 1. The second-order valence-corrected chi connectivity index (χ2v) is 7.29. The van der Waals surface area contributed by atoms with E-state index in [1.165, 1.54) is 0 Å². The first-order chi connectivity index (χ1) is 14.1. The summed E-state index contributed by atoms with van der Waals surface area (Å²) in [5.41, 5.74) is 3.57. The maximum atomic E-state index is 12.8. The molecule has 7 nitrogen and oxygen atoms in total. The average Bonchev–Trinajstić information content (AvgIpc) is 3.39. The molecule has 0 aliphatic carbocycles. The Morgan fingerprint density at radius 2 is 2.00 bits per heavy atom. The van der Waals surface area contributed by atoms with Gasteiger partial charge in [-0.3, -0.25) is 10.1 Å². The van der Waals surface area contributed by atoms with Crippen LogP contribution in [0.5, 0.6) is 11.5 Å². The summed E-state index contributed by atoms with van der Waals surface area (Å²) in [5.74, 6) is 1.34. The van der Waals surface area contributed by atoms with Crippen molar-refractivity contribution in [1.29, 1.82) is 0 Å². The standard InChI is InChI=1S/C22H25N3O4/c1-14-5-6-15(2)18(10-14)24-22(23-12-17-4-3-9-27-17)25-21(26)16-7-8-19-20(11-16)29-13-28-19/h5-8,10-11,17H,3-4,9,12-13H2,1-2H3,(H2,23,24,25,26)/t17-/m0/s1. The van der Waals surface area contributed by atoms with E-state index in [4.69, 9.17) is 14.2 Å². The number of ether oxygens (including phenoxy) is 3. The molecule has 0 spiro atoms. The van der Waals surface area contributed by atoms with E-state index < -0.39 is 0 Å². The van der Waals surface area contributed by atoms with Crippen molar-refractivity contribution in [2.24, 2.45) is 4.99 Å². The molecule has 1 amide bonds. The zero-order valence-electron chi connectivity index (χ0n) is 16.7. The van der Waals surface area contributed by atoms with Gasteiger partial charge in [0.05, 0.1) is 12.6 Å². The summed E-state index contributed by atoms with van der Waals surface area (Å²) in [4.78, 5) is 17.4. The molecule has 1 saturated heterocycles. The van der Waals surface area contributed by atoms with Crippen LogP contribution in [0.1, 0.15) is 34.3 Å². The first-order valence-corrected chi connectivity index (χ1v) is 9.80. The monoisotopic (exact) mass is 395 g/mol. The predicted octanol–water partition coefficient (Wildman–Crippen LogP) is 3.41. The molecule has 2 aromatic carbocycles. The average molecular weight is 395 g/mol. The SMILES string of the molecule is Cc1ccc(C)c(NC(=NC[C@@H]2CCCO2)NC(=O)c2ccc3c(c2)OCO3)c1. The lowest BCUT2D eigenvalue weighted by Gasteiger charge is -2.15. The van der Waals surface area contributed by atoms with Gasteiger partial charge in [0, 0.05) is 17.9 Å². The summed E-state index contributed by atoms with van der Waals surface area (Å²) >= 11 is 0. The molecule has 0 radical (unpaired) electrons. The number of guanidine groups is 1. The second-order valence-electron chi connectivity index (χ2n) is 7.29. The summed E-state index contributed by atoms with van der Waals surface area (Å²) in [6.07, 6.45) is 2.12. The van der Waals surface area contributed by atoms with Gasteiger partial charge >= 0.3 is 0 Å². The molecule has 0 aromatic heterocycles. The van der Waals surface area contributed by atoms with Gasteiger partial charge in [-0.25, -0.2) is 4.99 Å². The van der Waals surface area contributed by atoms with Crippen molar-refractivity contribution in [3.63, 3.8) is 0 Å². The second kappa shape index (κ2) is 8.53. The van der Waals surface area contributed by atoms with E-state index in [9.17, 15) is 4.79 Å². The van der Waals surface area contributed by atoms with Crippen molar-refractivity contribution in [3.8, 4) is 11.5 Å². The lowest BCUT2D eigenvalue weighted by Crippen LogP contribution is -2.37. The van der Waals surface area contributed by atoms with Crippen LogP contribution in [0, 0.1) is 13.8 Å². The van der Waals surface area contributed by atoms with E-state index in [0.29, 0.717) is 29.6 Å². The molecule has 2 aliphatic heterocycles. The van der Waals surface area contributed by atoms with E-state index >= 15 is 0 Å². The number of rotatable bonds is 4. The molecule has 152 valence electrons. The molecule has 7 heteroatoms.